The minimum Gasteiger partial charge on any atom is -0.480 e. The van der Waals surface area contributed by atoms with Crippen molar-refractivity contribution in [3.05, 3.63) is 62.8 Å². The van der Waals surface area contributed by atoms with Crippen molar-refractivity contribution in [2.75, 3.05) is 0 Å². The summed E-state index contributed by atoms with van der Waals surface area (Å²) in [5, 5.41) is 12.0. The highest BCUT2D eigenvalue weighted by Crippen LogP contribution is 2.11. The van der Waals surface area contributed by atoms with Gasteiger partial charge in [-0.25, -0.2) is 19.0 Å². The van der Waals surface area contributed by atoms with Gasteiger partial charge in [0.1, 0.15) is 11.6 Å². The SMILES string of the molecule is Cc1cncc2[nH]c(=O)n(-c3ccc(C[C@H](NC(=O)OC(C)(C)C)C(=O)O)nc3)c(=O)c12. The number of carboxylic acid groups (broad SMARTS) is 1. The molecule has 0 saturated carbocycles. The minimum atomic E-state index is -1.27. The number of aryl methyl sites for hydroxylation is 1. The first kappa shape index (κ1) is 22.7. The smallest absolute Gasteiger partial charge is 0.408 e. The van der Waals surface area contributed by atoms with E-state index in [4.69, 9.17) is 4.74 Å². The van der Waals surface area contributed by atoms with Crippen LogP contribution in [0.15, 0.2) is 40.3 Å². The lowest BCUT2D eigenvalue weighted by Crippen LogP contribution is -2.44. The molecule has 0 aliphatic rings. The maximum Gasteiger partial charge on any atom is 0.408 e. The van der Waals surface area contributed by atoms with Gasteiger partial charge in [-0.15, -0.1) is 0 Å². The summed E-state index contributed by atoms with van der Waals surface area (Å²) in [5.74, 6) is -1.26. The molecule has 32 heavy (non-hydrogen) atoms. The van der Waals surface area contributed by atoms with Crippen LogP contribution in [-0.4, -0.2) is 48.3 Å². The third-order valence-electron chi connectivity index (χ3n) is 4.47. The molecule has 3 rings (SSSR count). The molecule has 168 valence electrons. The number of H-pyrrole nitrogens is 1. The average molecular weight is 441 g/mol. The number of aromatic nitrogens is 4. The van der Waals surface area contributed by atoms with Gasteiger partial charge in [0, 0.05) is 18.3 Å². The zero-order valence-electron chi connectivity index (χ0n) is 18.0. The monoisotopic (exact) mass is 441 g/mol. The van der Waals surface area contributed by atoms with Crippen LogP contribution in [0.5, 0.6) is 0 Å². The maximum atomic E-state index is 12.9. The Morgan fingerprint density at radius 2 is 1.94 bits per heavy atom. The number of hydrogen-bond acceptors (Lipinski definition) is 7. The Morgan fingerprint density at radius 1 is 1.22 bits per heavy atom. The summed E-state index contributed by atoms with van der Waals surface area (Å²) in [5.41, 5.74) is -0.458. The lowest BCUT2D eigenvalue weighted by Gasteiger charge is -2.21. The second-order valence-electron chi connectivity index (χ2n) is 8.20. The standard InChI is InChI=1S/C21H23N5O6/c1-11-8-22-10-15-16(11)17(27)26(19(30)24-15)13-6-5-12(23-9-13)7-14(18(28)29)25-20(31)32-21(2,3)4/h5-6,8-10,14H,7H2,1-4H3,(H,24,30)(H,25,31)(H,28,29)/t14-/m0/s1. The summed E-state index contributed by atoms with van der Waals surface area (Å²) in [7, 11) is 0. The number of aliphatic carboxylic acids is 1. The van der Waals surface area contributed by atoms with Crippen molar-refractivity contribution >= 4 is 23.0 Å². The largest absolute Gasteiger partial charge is 0.480 e. The molecule has 0 aromatic carbocycles. The fourth-order valence-electron chi connectivity index (χ4n) is 3.08. The number of carboxylic acids is 1. The molecular formula is C21H23N5O6. The Bertz CT molecular complexity index is 1290. The third-order valence-corrected chi connectivity index (χ3v) is 4.47. The van der Waals surface area contributed by atoms with E-state index in [0.29, 0.717) is 22.2 Å². The Labute approximate surface area is 182 Å². The second kappa shape index (κ2) is 8.61. The Kier molecular flexibility index (Phi) is 6.10. The van der Waals surface area contributed by atoms with Crippen LogP contribution in [0.4, 0.5) is 4.79 Å². The molecule has 0 unspecified atom stereocenters. The van der Waals surface area contributed by atoms with Crippen LogP contribution >= 0.6 is 0 Å². The molecule has 3 aromatic rings. The Balaban J connectivity index is 1.87. The molecule has 1 atom stereocenters. The van der Waals surface area contributed by atoms with Gasteiger partial charge in [0.15, 0.2) is 0 Å². The second-order valence-corrected chi connectivity index (χ2v) is 8.20. The molecule has 0 fully saturated rings. The molecular weight excluding hydrogens is 418 g/mol. The highest BCUT2D eigenvalue weighted by molar-refractivity contribution is 5.80. The number of nitrogens with zero attached hydrogens (tertiary/aromatic N) is 3. The van der Waals surface area contributed by atoms with Gasteiger partial charge in [0.2, 0.25) is 0 Å². The third kappa shape index (κ3) is 4.99. The number of fused-ring (bicyclic) bond motifs is 1. The Hall–Kier alpha value is -4.02. The van der Waals surface area contributed by atoms with Crippen LogP contribution in [0, 0.1) is 6.92 Å². The van der Waals surface area contributed by atoms with Crippen LogP contribution in [-0.2, 0) is 16.0 Å². The molecule has 0 bridgehead atoms. The van der Waals surface area contributed by atoms with Crippen molar-refractivity contribution < 1.29 is 19.4 Å². The summed E-state index contributed by atoms with van der Waals surface area (Å²) in [6, 6.07) is 1.69. The summed E-state index contributed by atoms with van der Waals surface area (Å²) >= 11 is 0. The van der Waals surface area contributed by atoms with E-state index < -0.39 is 35.0 Å². The van der Waals surface area contributed by atoms with Gasteiger partial charge in [-0.3, -0.25) is 14.8 Å². The van der Waals surface area contributed by atoms with Crippen LogP contribution in [0.3, 0.4) is 0 Å². The molecule has 3 heterocycles. The van der Waals surface area contributed by atoms with E-state index in [1.54, 1.807) is 27.7 Å². The topological polar surface area (TPSA) is 156 Å². The number of alkyl carbamates (subject to hydrolysis) is 1. The van der Waals surface area contributed by atoms with Crippen molar-refractivity contribution in [2.45, 2.75) is 45.8 Å². The fraction of sp³-hybridized carbons (Fsp3) is 0.333. The van der Waals surface area contributed by atoms with E-state index >= 15 is 0 Å². The van der Waals surface area contributed by atoms with Crippen LogP contribution in [0.1, 0.15) is 32.0 Å². The summed E-state index contributed by atoms with van der Waals surface area (Å²) in [6.07, 6.45) is 3.24. The number of amides is 1. The maximum absolute atomic E-state index is 12.9. The van der Waals surface area contributed by atoms with E-state index in [1.807, 2.05) is 0 Å². The number of nitrogens with one attached hydrogen (secondary N) is 2. The van der Waals surface area contributed by atoms with Gasteiger partial charge >= 0.3 is 17.8 Å². The zero-order chi connectivity index (χ0) is 23.6. The van der Waals surface area contributed by atoms with Gasteiger partial charge in [-0.05, 0) is 45.4 Å². The van der Waals surface area contributed by atoms with Crippen molar-refractivity contribution in [2.24, 2.45) is 0 Å². The van der Waals surface area contributed by atoms with E-state index in [-0.39, 0.29) is 12.1 Å². The lowest BCUT2D eigenvalue weighted by atomic mass is 10.1. The van der Waals surface area contributed by atoms with Crippen LogP contribution < -0.4 is 16.6 Å². The first-order valence-corrected chi connectivity index (χ1v) is 9.73. The van der Waals surface area contributed by atoms with Gasteiger partial charge < -0.3 is 20.1 Å². The first-order valence-electron chi connectivity index (χ1n) is 9.73. The molecule has 1 amide bonds. The highest BCUT2D eigenvalue weighted by Gasteiger charge is 2.24. The molecule has 0 saturated heterocycles. The van der Waals surface area contributed by atoms with E-state index in [1.165, 1.54) is 30.7 Å². The number of carbonyl (C=O) groups is 2. The molecule has 3 aromatic heterocycles. The van der Waals surface area contributed by atoms with E-state index in [9.17, 15) is 24.3 Å². The molecule has 0 radical (unpaired) electrons. The number of aromatic amines is 1. The van der Waals surface area contributed by atoms with Gasteiger partial charge in [-0.2, -0.15) is 0 Å². The molecule has 0 aliphatic heterocycles. The number of pyridine rings is 2. The van der Waals surface area contributed by atoms with E-state index in [0.717, 1.165) is 4.57 Å². The zero-order valence-corrected chi connectivity index (χ0v) is 18.0. The number of carbonyl (C=O) groups excluding carboxylic acids is 1. The van der Waals surface area contributed by atoms with Crippen molar-refractivity contribution in [1.29, 1.82) is 0 Å². The summed E-state index contributed by atoms with van der Waals surface area (Å²) < 4.78 is 6.03. The average Bonchev–Trinajstić information content (AvgIpc) is 2.67. The minimum absolute atomic E-state index is 0.122. The fourth-order valence-corrected chi connectivity index (χ4v) is 3.08. The van der Waals surface area contributed by atoms with Crippen molar-refractivity contribution in [3.8, 4) is 5.69 Å². The number of ether oxygens (including phenoxy) is 1. The van der Waals surface area contributed by atoms with Gasteiger partial charge in [0.25, 0.3) is 5.56 Å². The molecule has 11 nitrogen and oxygen atoms in total. The van der Waals surface area contributed by atoms with Gasteiger partial charge in [0.05, 0.1) is 29.0 Å². The molecule has 3 N–H and O–H groups in total. The first-order chi connectivity index (χ1) is 15.0. The van der Waals surface area contributed by atoms with Crippen LogP contribution in [0.2, 0.25) is 0 Å². The van der Waals surface area contributed by atoms with Gasteiger partial charge in [-0.1, -0.05) is 0 Å². The molecule has 0 aliphatic carbocycles. The van der Waals surface area contributed by atoms with Crippen molar-refractivity contribution in [1.82, 2.24) is 24.8 Å². The number of rotatable bonds is 5. The lowest BCUT2D eigenvalue weighted by molar-refractivity contribution is -0.139. The summed E-state index contributed by atoms with van der Waals surface area (Å²) in [4.78, 5) is 59.6. The Morgan fingerprint density at radius 3 is 2.53 bits per heavy atom. The number of hydrogen-bond donors (Lipinski definition) is 3. The predicted octanol–water partition coefficient (Wildman–Crippen LogP) is 1.30. The van der Waals surface area contributed by atoms with Crippen molar-refractivity contribution in [3.63, 3.8) is 0 Å². The van der Waals surface area contributed by atoms with Crippen LogP contribution in [0.25, 0.3) is 16.6 Å². The van der Waals surface area contributed by atoms with E-state index in [2.05, 4.69) is 20.3 Å². The highest BCUT2D eigenvalue weighted by atomic mass is 16.6. The quantitative estimate of drug-likeness (QED) is 0.535. The summed E-state index contributed by atoms with van der Waals surface area (Å²) in [6.45, 7) is 6.70. The normalized spacial score (nSPS) is 12.4. The molecule has 11 heteroatoms. The predicted molar refractivity (Wildman–Crippen MR) is 115 cm³/mol. The molecule has 0 spiro atoms.